The van der Waals surface area contributed by atoms with Gasteiger partial charge in [-0.15, -0.1) is 6.58 Å². The second-order valence-electron chi connectivity index (χ2n) is 16.6. The van der Waals surface area contributed by atoms with E-state index >= 15 is 0 Å². The molecule has 3 fully saturated rings. The number of carbonyl (C=O) groups excluding carboxylic acids is 4. The zero-order chi connectivity index (χ0) is 42.8. The largest absolute Gasteiger partial charge is 0.458 e. The minimum Gasteiger partial charge on any atom is -0.458 e. The van der Waals surface area contributed by atoms with Gasteiger partial charge < -0.3 is 43.5 Å². The van der Waals surface area contributed by atoms with Crippen LogP contribution in [0.25, 0.3) is 11.1 Å². The Morgan fingerprint density at radius 2 is 1.72 bits per heavy atom. The Balaban J connectivity index is 1.00. The van der Waals surface area contributed by atoms with E-state index in [4.69, 9.17) is 27.6 Å². The molecule has 5 aliphatic carbocycles. The van der Waals surface area contributed by atoms with E-state index in [-0.39, 0.29) is 68.5 Å². The number of aliphatic hydroxyl groups excluding tert-OH is 1. The number of nitrogens with one attached hydrogen (secondary N) is 1. The van der Waals surface area contributed by atoms with Crippen molar-refractivity contribution in [3.63, 3.8) is 0 Å². The first kappa shape index (κ1) is 44.4. The van der Waals surface area contributed by atoms with Gasteiger partial charge in [0, 0.05) is 42.6 Å². The molecule has 0 heterocycles. The van der Waals surface area contributed by atoms with E-state index in [9.17, 15) is 34.1 Å². The molecule has 2 aromatic carbocycles. The topological polar surface area (TPSA) is 196 Å². The highest BCUT2D eigenvalue weighted by Crippen LogP contribution is 2.70. The maximum atomic E-state index is 14.2. The molecular weight excluding hydrogens is 812 g/mol. The monoisotopic (exact) mass is 865 g/mol. The fourth-order valence-corrected chi connectivity index (χ4v) is 12.5. The molecule has 7 rings (SSSR count). The summed E-state index contributed by atoms with van der Waals surface area (Å²) in [5.74, 6) is -1.82. The van der Waals surface area contributed by atoms with Crippen molar-refractivity contribution in [3.05, 3.63) is 96.1 Å². The van der Waals surface area contributed by atoms with Crippen LogP contribution in [0.1, 0.15) is 76.3 Å². The van der Waals surface area contributed by atoms with Crippen LogP contribution in [0, 0.1) is 28.6 Å². The van der Waals surface area contributed by atoms with Crippen LogP contribution < -0.4 is 5.32 Å². The molecule has 0 aromatic heterocycles. The van der Waals surface area contributed by atoms with Crippen LogP contribution in [0.2, 0.25) is 0 Å². The van der Waals surface area contributed by atoms with E-state index in [1.807, 2.05) is 56.3 Å². The average Bonchev–Trinajstić information content (AvgIpc) is 3.69. The third-order valence-corrected chi connectivity index (χ3v) is 15.4. The van der Waals surface area contributed by atoms with Crippen LogP contribution in [0.4, 0.5) is 4.79 Å². The van der Waals surface area contributed by atoms with E-state index in [0.717, 1.165) is 27.8 Å². The Morgan fingerprint density at radius 1 is 1.02 bits per heavy atom. The number of rotatable bonds is 17. The molecule has 9 unspecified atom stereocenters. The summed E-state index contributed by atoms with van der Waals surface area (Å²) in [5.41, 5.74) is 2.15. The Morgan fingerprint density at radius 3 is 2.40 bits per heavy atom. The van der Waals surface area contributed by atoms with Gasteiger partial charge in [-0.3, -0.25) is 14.4 Å². The number of esters is 1. The van der Waals surface area contributed by atoms with Crippen molar-refractivity contribution in [2.45, 2.75) is 83.2 Å². The number of allylic oxidation sites excluding steroid dienone is 4. The number of aliphatic hydroxyl groups is 1. The lowest BCUT2D eigenvalue weighted by Crippen LogP contribution is -2.63. The number of fused-ring (bicyclic) bond motifs is 8. The van der Waals surface area contributed by atoms with Crippen molar-refractivity contribution < 1.29 is 61.6 Å². The first-order valence-electron chi connectivity index (χ1n) is 20.3. The molecule has 5 aliphatic rings. The Labute approximate surface area is 352 Å². The highest BCUT2D eigenvalue weighted by atomic mass is 31.2. The van der Waals surface area contributed by atoms with Gasteiger partial charge in [-0.1, -0.05) is 80.1 Å². The summed E-state index contributed by atoms with van der Waals surface area (Å²) in [5, 5.41) is 13.6. The third-order valence-electron chi connectivity index (χ3n) is 13.4. The van der Waals surface area contributed by atoms with Gasteiger partial charge in [0.1, 0.15) is 12.2 Å². The van der Waals surface area contributed by atoms with Gasteiger partial charge in [-0.25, -0.2) is 9.11 Å². The number of amides is 1. The summed E-state index contributed by atoms with van der Waals surface area (Å²) in [6, 6.07) is 16.1. The van der Waals surface area contributed by atoms with E-state index in [1.54, 1.807) is 12.2 Å². The second kappa shape index (κ2) is 18.3. The maximum absolute atomic E-state index is 14.2. The SMILES string of the molecule is C=CCC(O)O[C@]1(C(=O)COC(C)=O)CCC2C3CCC4=CC(=O)C=CC4(C)C3C(OP(O)OP(O)OCCNC(=O)OCC3c4ccccc4-c4ccccc43)CC21C. The van der Waals surface area contributed by atoms with Crippen LogP contribution in [0.15, 0.2) is 85.0 Å². The van der Waals surface area contributed by atoms with Crippen molar-refractivity contribution in [2.75, 3.05) is 26.4 Å². The zero-order valence-electron chi connectivity index (χ0n) is 34.0. The third kappa shape index (κ3) is 8.56. The predicted octanol–water partition coefficient (Wildman–Crippen LogP) is 7.08. The molecule has 1 amide bonds. The van der Waals surface area contributed by atoms with Gasteiger partial charge >= 0.3 is 29.3 Å². The van der Waals surface area contributed by atoms with Crippen molar-refractivity contribution in [3.8, 4) is 11.1 Å². The summed E-state index contributed by atoms with van der Waals surface area (Å²) < 4.78 is 34.3. The van der Waals surface area contributed by atoms with Crippen LogP contribution in [-0.2, 0) is 42.0 Å². The Kier molecular flexibility index (Phi) is 13.6. The first-order valence-corrected chi connectivity index (χ1v) is 22.6. The van der Waals surface area contributed by atoms with Crippen LogP contribution in [0.5, 0.6) is 0 Å². The highest BCUT2D eigenvalue weighted by Gasteiger charge is 2.70. The molecule has 2 aromatic rings. The van der Waals surface area contributed by atoms with Gasteiger partial charge in [-0.05, 0) is 78.3 Å². The standard InChI is InChI=1S/C44H53NO13P2/c1-5-10-39(49)56-44(38(48)26-53-27(2)46)20-18-36-34-16-15-28-23-29(47)17-19-42(28,3)40(34)37(24-43(36,44)4)57-60(52)58-59(51)55-22-21-45-41(50)54-25-35-32-13-8-6-11-30(32)31-12-7-9-14-33(31)35/h5-9,11-14,17,19,23,34-37,39-40,49,51-52H,1,10,15-16,18,20-22,24-26H2,2-4H3,(H,45,50)/t34?,36?,37?,39?,40?,42?,43?,44-,59?,60?/m0/s1. The molecule has 10 atom stereocenters. The molecule has 322 valence electrons. The fourth-order valence-electron chi connectivity index (χ4n) is 10.9. The number of Topliss-reactive ketones (excluding diaryl/α,β-unsaturated/α-hetero) is 1. The molecule has 14 nitrogen and oxygen atoms in total. The van der Waals surface area contributed by atoms with Crippen LogP contribution in [0.3, 0.4) is 0 Å². The summed E-state index contributed by atoms with van der Waals surface area (Å²) in [6.45, 7) is 8.28. The number of ether oxygens (including phenoxy) is 3. The highest BCUT2D eigenvalue weighted by molar-refractivity contribution is 7.54. The number of carbonyl (C=O) groups is 4. The van der Waals surface area contributed by atoms with E-state index < -0.39 is 70.5 Å². The molecule has 0 spiro atoms. The summed E-state index contributed by atoms with van der Waals surface area (Å²) >= 11 is 0. The van der Waals surface area contributed by atoms with E-state index in [0.29, 0.717) is 19.3 Å². The first-order chi connectivity index (χ1) is 28.7. The number of alkyl carbamates (subject to hydrolysis) is 1. The summed E-state index contributed by atoms with van der Waals surface area (Å²) in [4.78, 5) is 73.2. The lowest BCUT2D eigenvalue weighted by molar-refractivity contribution is -0.238. The van der Waals surface area contributed by atoms with Crippen LogP contribution >= 0.6 is 17.2 Å². The lowest BCUT2D eigenvalue weighted by Gasteiger charge is -2.61. The van der Waals surface area contributed by atoms with E-state index in [1.165, 1.54) is 13.0 Å². The normalized spacial score (nSPS) is 30.4. The smallest absolute Gasteiger partial charge is 0.407 e. The number of benzene rings is 2. The van der Waals surface area contributed by atoms with Gasteiger partial charge in [0.05, 0.1) is 12.7 Å². The fraction of sp³-hybridized carbons (Fsp3) is 0.500. The molecule has 0 radical (unpaired) electrons. The predicted molar refractivity (Wildman–Crippen MR) is 222 cm³/mol. The lowest BCUT2D eigenvalue weighted by atomic mass is 9.46. The van der Waals surface area contributed by atoms with Crippen molar-refractivity contribution in [1.82, 2.24) is 5.32 Å². The number of hydrogen-bond acceptors (Lipinski definition) is 13. The second-order valence-corrected chi connectivity index (χ2v) is 18.7. The van der Waals surface area contributed by atoms with E-state index in [2.05, 4.69) is 24.0 Å². The van der Waals surface area contributed by atoms with Gasteiger partial charge in [0.2, 0.25) is 5.78 Å². The van der Waals surface area contributed by atoms with Gasteiger partial charge in [0.25, 0.3) is 0 Å². The molecular formula is C44H53NO13P2. The molecule has 0 saturated heterocycles. The van der Waals surface area contributed by atoms with Crippen LogP contribution in [-0.4, -0.2) is 82.9 Å². The average molecular weight is 866 g/mol. The Bertz CT molecular complexity index is 2000. The van der Waals surface area contributed by atoms with Crippen molar-refractivity contribution in [2.24, 2.45) is 28.6 Å². The molecule has 0 bridgehead atoms. The van der Waals surface area contributed by atoms with Crippen molar-refractivity contribution in [1.29, 1.82) is 0 Å². The quantitative estimate of drug-likeness (QED) is 0.0414. The van der Waals surface area contributed by atoms with Gasteiger partial charge in [0.15, 0.2) is 18.7 Å². The zero-order valence-corrected chi connectivity index (χ0v) is 35.8. The number of hydrogen-bond donors (Lipinski definition) is 4. The molecule has 16 heteroatoms. The van der Waals surface area contributed by atoms with Crippen molar-refractivity contribution >= 4 is 40.8 Å². The van der Waals surface area contributed by atoms with Gasteiger partial charge in [-0.2, -0.15) is 0 Å². The minimum atomic E-state index is -2.77. The molecule has 4 N–H and O–H groups in total. The minimum absolute atomic E-state index is 0.0184. The Hall–Kier alpha value is -3.68. The summed E-state index contributed by atoms with van der Waals surface area (Å²) in [7, 11) is -5.43. The molecule has 0 aliphatic heterocycles. The molecule has 60 heavy (non-hydrogen) atoms. The summed E-state index contributed by atoms with van der Waals surface area (Å²) in [6.07, 6.45) is 6.09. The number of ketones is 2. The molecule has 3 saturated carbocycles. The maximum Gasteiger partial charge on any atom is 0.407 e.